The summed E-state index contributed by atoms with van der Waals surface area (Å²) in [7, 11) is 0. The van der Waals surface area contributed by atoms with E-state index in [0.717, 1.165) is 16.8 Å². The Balaban J connectivity index is 2.20. The van der Waals surface area contributed by atoms with E-state index in [2.05, 4.69) is 5.32 Å². The SMILES string of the molecule is Cc1ccc(NC(=O)c2ccccc2CC(N)=S)cc1. The lowest BCUT2D eigenvalue weighted by molar-refractivity contribution is 0.102. The number of nitrogens with one attached hydrogen (secondary N) is 1. The Bertz CT molecular complexity index is 635. The molecule has 0 atom stereocenters. The molecule has 0 aliphatic rings. The molecule has 0 aliphatic heterocycles. The maximum atomic E-state index is 12.3. The molecule has 0 unspecified atom stereocenters. The summed E-state index contributed by atoms with van der Waals surface area (Å²) in [5.41, 5.74) is 8.92. The predicted molar refractivity (Wildman–Crippen MR) is 86.1 cm³/mol. The molecule has 1 amide bonds. The summed E-state index contributed by atoms with van der Waals surface area (Å²) in [4.78, 5) is 12.7. The monoisotopic (exact) mass is 284 g/mol. The Hall–Kier alpha value is -2.20. The van der Waals surface area contributed by atoms with Crippen LogP contribution in [-0.2, 0) is 6.42 Å². The Kier molecular flexibility index (Phi) is 4.48. The number of anilines is 1. The van der Waals surface area contributed by atoms with Crippen molar-refractivity contribution in [1.82, 2.24) is 0 Å². The van der Waals surface area contributed by atoms with E-state index in [0.29, 0.717) is 17.0 Å². The van der Waals surface area contributed by atoms with Crippen molar-refractivity contribution >= 4 is 28.8 Å². The van der Waals surface area contributed by atoms with Gasteiger partial charge in [-0.05, 0) is 30.7 Å². The van der Waals surface area contributed by atoms with Gasteiger partial charge in [0, 0.05) is 17.7 Å². The summed E-state index contributed by atoms with van der Waals surface area (Å²) in [6.45, 7) is 2.00. The highest BCUT2D eigenvalue weighted by atomic mass is 32.1. The zero-order valence-corrected chi connectivity index (χ0v) is 12.0. The van der Waals surface area contributed by atoms with Gasteiger partial charge in [0.1, 0.15) is 0 Å². The van der Waals surface area contributed by atoms with Crippen LogP contribution < -0.4 is 11.1 Å². The van der Waals surface area contributed by atoms with Gasteiger partial charge in [-0.25, -0.2) is 0 Å². The van der Waals surface area contributed by atoms with Crippen LogP contribution in [0.4, 0.5) is 5.69 Å². The van der Waals surface area contributed by atoms with Crippen molar-refractivity contribution in [2.45, 2.75) is 13.3 Å². The molecule has 2 rings (SSSR count). The number of hydrogen-bond acceptors (Lipinski definition) is 2. The second-order valence-corrected chi connectivity index (χ2v) is 5.14. The smallest absolute Gasteiger partial charge is 0.255 e. The van der Waals surface area contributed by atoms with Crippen molar-refractivity contribution in [3.05, 3.63) is 65.2 Å². The van der Waals surface area contributed by atoms with Gasteiger partial charge >= 0.3 is 0 Å². The van der Waals surface area contributed by atoms with E-state index in [-0.39, 0.29) is 5.91 Å². The summed E-state index contributed by atoms with van der Waals surface area (Å²) in [6.07, 6.45) is 0.423. The third-order valence-electron chi connectivity index (χ3n) is 2.94. The number of benzene rings is 2. The summed E-state index contributed by atoms with van der Waals surface area (Å²) >= 11 is 4.91. The average molecular weight is 284 g/mol. The van der Waals surface area contributed by atoms with Gasteiger partial charge in [-0.2, -0.15) is 0 Å². The zero-order chi connectivity index (χ0) is 14.5. The van der Waals surface area contributed by atoms with Crippen LogP contribution >= 0.6 is 12.2 Å². The molecule has 0 saturated heterocycles. The summed E-state index contributed by atoms with van der Waals surface area (Å²) in [5.74, 6) is -0.152. The second kappa shape index (κ2) is 6.30. The molecule has 0 aliphatic carbocycles. The molecule has 0 bridgehead atoms. The first-order valence-corrected chi connectivity index (χ1v) is 6.71. The molecule has 0 aromatic heterocycles. The molecule has 0 spiro atoms. The van der Waals surface area contributed by atoms with Crippen LogP contribution in [-0.4, -0.2) is 10.9 Å². The average Bonchev–Trinajstić information content (AvgIpc) is 2.41. The fraction of sp³-hybridized carbons (Fsp3) is 0.125. The largest absolute Gasteiger partial charge is 0.393 e. The topological polar surface area (TPSA) is 55.1 Å². The number of nitrogens with two attached hydrogens (primary N) is 1. The van der Waals surface area contributed by atoms with Gasteiger partial charge in [-0.3, -0.25) is 4.79 Å². The maximum Gasteiger partial charge on any atom is 0.255 e. The number of hydrogen-bond donors (Lipinski definition) is 2. The Morgan fingerprint density at radius 2 is 1.80 bits per heavy atom. The van der Waals surface area contributed by atoms with Crippen molar-refractivity contribution in [2.75, 3.05) is 5.32 Å². The van der Waals surface area contributed by atoms with E-state index in [9.17, 15) is 4.79 Å². The molecule has 2 aromatic carbocycles. The lowest BCUT2D eigenvalue weighted by Crippen LogP contribution is -2.18. The van der Waals surface area contributed by atoms with Crippen LogP contribution in [0.1, 0.15) is 21.5 Å². The first kappa shape index (κ1) is 14.2. The van der Waals surface area contributed by atoms with Gasteiger partial charge in [0.2, 0.25) is 0 Å². The molecule has 0 saturated carbocycles. The van der Waals surface area contributed by atoms with Gasteiger partial charge in [-0.15, -0.1) is 0 Å². The van der Waals surface area contributed by atoms with Crippen molar-refractivity contribution < 1.29 is 4.79 Å². The first-order chi connectivity index (χ1) is 9.56. The van der Waals surface area contributed by atoms with E-state index in [1.807, 2.05) is 49.4 Å². The quantitative estimate of drug-likeness (QED) is 0.848. The van der Waals surface area contributed by atoms with Gasteiger partial charge in [0.15, 0.2) is 0 Å². The molecule has 2 aromatic rings. The Morgan fingerprint density at radius 1 is 1.15 bits per heavy atom. The molecule has 102 valence electrons. The molecule has 0 heterocycles. The molecule has 3 nitrogen and oxygen atoms in total. The summed E-state index contributed by atoms with van der Waals surface area (Å²) in [6, 6.07) is 15.0. The number of amides is 1. The zero-order valence-electron chi connectivity index (χ0n) is 11.2. The standard InChI is InChI=1S/C16H16N2OS/c1-11-6-8-13(9-7-11)18-16(19)14-5-3-2-4-12(14)10-15(17)20/h2-9H,10H2,1H3,(H2,17,20)(H,18,19). The molecule has 0 fully saturated rings. The highest BCUT2D eigenvalue weighted by Gasteiger charge is 2.11. The van der Waals surface area contributed by atoms with Crippen molar-refractivity contribution in [2.24, 2.45) is 5.73 Å². The van der Waals surface area contributed by atoms with E-state index in [4.69, 9.17) is 18.0 Å². The minimum atomic E-state index is -0.152. The van der Waals surface area contributed by atoms with E-state index >= 15 is 0 Å². The number of thiocarbonyl (C=S) groups is 1. The number of aryl methyl sites for hydroxylation is 1. The molecule has 4 heteroatoms. The number of rotatable bonds is 4. The lowest BCUT2D eigenvalue weighted by Gasteiger charge is -2.10. The van der Waals surface area contributed by atoms with E-state index < -0.39 is 0 Å². The third-order valence-corrected chi connectivity index (χ3v) is 3.08. The fourth-order valence-corrected chi connectivity index (χ4v) is 2.07. The molecular weight excluding hydrogens is 268 g/mol. The molecule has 0 radical (unpaired) electrons. The summed E-state index contributed by atoms with van der Waals surface area (Å²) in [5, 5.41) is 2.88. The molecule has 3 N–H and O–H groups in total. The van der Waals surface area contributed by atoms with Crippen LogP contribution in [0.2, 0.25) is 0 Å². The number of carbonyl (C=O) groups excluding carboxylic acids is 1. The predicted octanol–water partition coefficient (Wildman–Crippen LogP) is 3.08. The highest BCUT2D eigenvalue weighted by Crippen LogP contribution is 2.14. The number of carbonyl (C=O) groups is 1. The molecular formula is C16H16N2OS. The normalized spacial score (nSPS) is 10.1. The Labute approximate surface area is 123 Å². The van der Waals surface area contributed by atoms with Crippen molar-refractivity contribution in [3.63, 3.8) is 0 Å². The van der Waals surface area contributed by atoms with Crippen LogP contribution in [0.5, 0.6) is 0 Å². The highest BCUT2D eigenvalue weighted by molar-refractivity contribution is 7.80. The first-order valence-electron chi connectivity index (χ1n) is 6.30. The fourth-order valence-electron chi connectivity index (χ4n) is 1.92. The minimum Gasteiger partial charge on any atom is -0.393 e. The Morgan fingerprint density at radius 3 is 2.45 bits per heavy atom. The van der Waals surface area contributed by atoms with Crippen LogP contribution in [0, 0.1) is 6.92 Å². The van der Waals surface area contributed by atoms with E-state index in [1.54, 1.807) is 6.07 Å². The van der Waals surface area contributed by atoms with Crippen molar-refractivity contribution in [3.8, 4) is 0 Å². The van der Waals surface area contributed by atoms with E-state index in [1.165, 1.54) is 0 Å². The van der Waals surface area contributed by atoms with Crippen molar-refractivity contribution in [1.29, 1.82) is 0 Å². The molecule has 20 heavy (non-hydrogen) atoms. The van der Waals surface area contributed by atoms with Gasteiger partial charge < -0.3 is 11.1 Å². The van der Waals surface area contributed by atoms with Crippen LogP contribution in [0.15, 0.2) is 48.5 Å². The lowest BCUT2D eigenvalue weighted by atomic mass is 10.0. The van der Waals surface area contributed by atoms with Gasteiger partial charge in [-0.1, -0.05) is 48.1 Å². The second-order valence-electron chi connectivity index (χ2n) is 4.62. The van der Waals surface area contributed by atoms with Crippen LogP contribution in [0.25, 0.3) is 0 Å². The summed E-state index contributed by atoms with van der Waals surface area (Å²) < 4.78 is 0. The van der Waals surface area contributed by atoms with Crippen LogP contribution in [0.3, 0.4) is 0 Å². The third kappa shape index (κ3) is 3.65. The van der Waals surface area contributed by atoms with Gasteiger partial charge in [0.25, 0.3) is 5.91 Å². The van der Waals surface area contributed by atoms with Gasteiger partial charge in [0.05, 0.1) is 4.99 Å². The minimum absolute atomic E-state index is 0.152. The maximum absolute atomic E-state index is 12.3.